The van der Waals surface area contributed by atoms with Crippen LogP contribution in [0.3, 0.4) is 0 Å². The molecule has 2 aliphatic carbocycles. The quantitative estimate of drug-likeness (QED) is 0.635. The molecule has 0 radical (unpaired) electrons. The van der Waals surface area contributed by atoms with E-state index in [0.29, 0.717) is 11.7 Å². The van der Waals surface area contributed by atoms with Crippen molar-refractivity contribution in [3.05, 3.63) is 30.2 Å². The number of aryl methyl sites for hydroxylation is 1. The van der Waals surface area contributed by atoms with Crippen LogP contribution in [0, 0.1) is 24.2 Å². The minimum atomic E-state index is -4.67. The molecule has 0 aromatic heterocycles. The number of halogens is 3. The number of rotatable bonds is 3. The fourth-order valence-corrected chi connectivity index (χ4v) is 5.31. The van der Waals surface area contributed by atoms with Gasteiger partial charge in [0.25, 0.3) is 0 Å². The first-order valence-electron chi connectivity index (χ1n) is 10.3. The normalized spacial score (nSPS) is 28.6. The SMILES string of the molecule is FC(F)(F)Oc1ccc2c(c1)OC(C1CCC(C3CC[CH-]CC3)CC1)CC2.[Rb+]. The third-order valence-corrected chi connectivity index (χ3v) is 6.74. The van der Waals surface area contributed by atoms with Crippen molar-refractivity contribution in [2.75, 3.05) is 0 Å². The van der Waals surface area contributed by atoms with Crippen LogP contribution >= 0.6 is 0 Å². The maximum Gasteiger partial charge on any atom is 1.00 e. The summed E-state index contributed by atoms with van der Waals surface area (Å²) in [5.41, 5.74) is 0.980. The van der Waals surface area contributed by atoms with Crippen LogP contribution in [-0.2, 0) is 6.42 Å². The summed E-state index contributed by atoms with van der Waals surface area (Å²) in [7, 11) is 0. The summed E-state index contributed by atoms with van der Waals surface area (Å²) in [5, 5.41) is 0. The van der Waals surface area contributed by atoms with E-state index < -0.39 is 6.36 Å². The molecule has 4 rings (SSSR count). The van der Waals surface area contributed by atoms with E-state index in [0.717, 1.165) is 30.2 Å². The molecule has 1 aromatic carbocycles. The Hall–Kier alpha value is 0.415. The van der Waals surface area contributed by atoms with Crippen molar-refractivity contribution in [3.8, 4) is 11.5 Å². The predicted octanol–water partition coefficient (Wildman–Crippen LogP) is 3.48. The van der Waals surface area contributed by atoms with Crippen LogP contribution in [0.5, 0.6) is 11.5 Å². The summed E-state index contributed by atoms with van der Waals surface area (Å²) in [4.78, 5) is 0. The van der Waals surface area contributed by atoms with Crippen molar-refractivity contribution >= 4 is 0 Å². The third kappa shape index (κ3) is 5.98. The third-order valence-electron chi connectivity index (χ3n) is 6.74. The molecule has 1 atom stereocenters. The molecule has 2 nitrogen and oxygen atoms in total. The number of benzene rings is 1. The maximum absolute atomic E-state index is 12.5. The van der Waals surface area contributed by atoms with Crippen LogP contribution in [0.1, 0.15) is 63.4 Å². The first-order chi connectivity index (χ1) is 13.0. The summed E-state index contributed by atoms with van der Waals surface area (Å²) in [6.07, 6.45) is 9.87. The monoisotopic (exact) mass is 466 g/mol. The van der Waals surface area contributed by atoms with E-state index in [2.05, 4.69) is 11.2 Å². The Labute approximate surface area is 214 Å². The summed E-state index contributed by atoms with van der Waals surface area (Å²) in [6.45, 7) is 0. The van der Waals surface area contributed by atoms with Gasteiger partial charge in [0.05, 0.1) is 0 Å². The zero-order chi connectivity index (χ0) is 18.9. The molecule has 0 bridgehead atoms. The van der Waals surface area contributed by atoms with Crippen LogP contribution in [0.25, 0.3) is 0 Å². The van der Waals surface area contributed by atoms with Crippen molar-refractivity contribution < 1.29 is 80.8 Å². The van der Waals surface area contributed by atoms with Gasteiger partial charge in [-0.2, -0.15) is 12.8 Å². The van der Waals surface area contributed by atoms with Gasteiger partial charge in [-0.3, -0.25) is 0 Å². The minimum Gasteiger partial charge on any atom is -0.490 e. The van der Waals surface area contributed by atoms with Gasteiger partial charge in [-0.1, -0.05) is 18.9 Å². The van der Waals surface area contributed by atoms with E-state index in [1.807, 2.05) is 0 Å². The molecule has 1 aromatic rings. The van der Waals surface area contributed by atoms with E-state index in [-0.39, 0.29) is 70.0 Å². The van der Waals surface area contributed by atoms with Crippen molar-refractivity contribution in [2.45, 2.75) is 76.7 Å². The van der Waals surface area contributed by atoms with Gasteiger partial charge in [-0.25, -0.2) is 0 Å². The van der Waals surface area contributed by atoms with Gasteiger partial charge < -0.3 is 15.9 Å². The standard InChI is InChI=1S/C22H28F3O2.Rb/c23-22(24,25)27-19-12-10-18-11-13-20(26-21(18)14-19)17-8-6-16(7-9-17)15-4-2-1-3-5-15;/h1,10,12,14-17,20H,2-9,11,13H2;/q-1;+1. The molecule has 1 aliphatic heterocycles. The maximum atomic E-state index is 12.5. The average Bonchev–Trinajstić information content (AvgIpc) is 2.67. The van der Waals surface area contributed by atoms with Gasteiger partial charge in [0, 0.05) is 6.07 Å². The molecule has 2 saturated carbocycles. The Kier molecular flexibility index (Phi) is 8.37. The van der Waals surface area contributed by atoms with E-state index in [1.54, 1.807) is 6.07 Å². The van der Waals surface area contributed by atoms with E-state index in [4.69, 9.17) is 4.74 Å². The number of ether oxygens (including phenoxy) is 2. The first-order valence-corrected chi connectivity index (χ1v) is 10.3. The molecule has 1 unspecified atom stereocenters. The van der Waals surface area contributed by atoms with Crippen LogP contribution in [0.4, 0.5) is 13.2 Å². The fraction of sp³-hybridized carbons (Fsp3) is 0.682. The average molecular weight is 467 g/mol. The van der Waals surface area contributed by atoms with Gasteiger partial charge >= 0.3 is 64.5 Å². The molecule has 0 amide bonds. The number of fused-ring (bicyclic) bond motifs is 1. The van der Waals surface area contributed by atoms with Gasteiger partial charge in [-0.05, 0) is 67.9 Å². The topological polar surface area (TPSA) is 18.5 Å². The molecule has 3 aliphatic rings. The second kappa shape index (κ2) is 10.1. The Balaban J connectivity index is 0.00000225. The van der Waals surface area contributed by atoms with Crippen LogP contribution in [0.15, 0.2) is 18.2 Å². The number of alkyl halides is 3. The van der Waals surface area contributed by atoms with Gasteiger partial charge in [0.1, 0.15) is 17.6 Å². The molecule has 0 saturated heterocycles. The zero-order valence-corrected chi connectivity index (χ0v) is 21.6. The first kappa shape index (κ1) is 23.1. The molecule has 6 heteroatoms. The molecular formula is C22H28F3O2Rb. The van der Waals surface area contributed by atoms with Crippen molar-refractivity contribution in [1.82, 2.24) is 0 Å². The summed E-state index contributed by atoms with van der Waals surface area (Å²) >= 11 is 0. The smallest absolute Gasteiger partial charge is 0.490 e. The van der Waals surface area contributed by atoms with Crippen molar-refractivity contribution in [2.24, 2.45) is 17.8 Å². The molecular weight excluding hydrogens is 439 g/mol. The predicted molar refractivity (Wildman–Crippen MR) is 97.6 cm³/mol. The summed E-state index contributed by atoms with van der Waals surface area (Å²) in [6, 6.07) is 4.48. The largest absolute Gasteiger partial charge is 1.00 e. The molecule has 0 spiro atoms. The minimum absolute atomic E-state index is 0. The van der Waals surface area contributed by atoms with Crippen LogP contribution in [0.2, 0.25) is 0 Å². The van der Waals surface area contributed by atoms with Crippen molar-refractivity contribution in [1.29, 1.82) is 0 Å². The molecule has 0 N–H and O–H groups in total. The fourth-order valence-electron chi connectivity index (χ4n) is 5.31. The van der Waals surface area contributed by atoms with Crippen LogP contribution < -0.4 is 67.7 Å². The van der Waals surface area contributed by atoms with Crippen molar-refractivity contribution in [3.63, 3.8) is 0 Å². The van der Waals surface area contributed by atoms with Gasteiger partial charge in [0.15, 0.2) is 0 Å². The summed E-state index contributed by atoms with van der Waals surface area (Å²) < 4.78 is 47.6. The Morgan fingerprint density at radius 2 is 1.54 bits per heavy atom. The van der Waals surface area contributed by atoms with E-state index in [9.17, 15) is 13.2 Å². The Bertz CT molecular complexity index is 635. The van der Waals surface area contributed by atoms with Crippen LogP contribution in [-0.4, -0.2) is 12.5 Å². The van der Waals surface area contributed by atoms with Gasteiger partial charge in [-0.15, -0.1) is 13.2 Å². The van der Waals surface area contributed by atoms with E-state index in [1.165, 1.54) is 63.5 Å². The molecule has 2 fully saturated rings. The molecule has 150 valence electrons. The molecule has 28 heavy (non-hydrogen) atoms. The number of hydrogen-bond donors (Lipinski definition) is 0. The molecule has 1 heterocycles. The zero-order valence-electron chi connectivity index (χ0n) is 16.6. The second-order valence-electron chi connectivity index (χ2n) is 8.39. The number of hydrogen-bond acceptors (Lipinski definition) is 2. The Morgan fingerprint density at radius 3 is 2.21 bits per heavy atom. The van der Waals surface area contributed by atoms with E-state index >= 15 is 0 Å². The van der Waals surface area contributed by atoms with Gasteiger partial charge in [0.2, 0.25) is 0 Å². The Morgan fingerprint density at radius 1 is 0.893 bits per heavy atom. The second-order valence-corrected chi connectivity index (χ2v) is 8.39. The summed E-state index contributed by atoms with van der Waals surface area (Å²) in [5.74, 6) is 2.65.